The Bertz CT molecular complexity index is 585. The molecule has 1 aromatic carbocycles. The van der Waals surface area contributed by atoms with E-state index in [2.05, 4.69) is 32.7 Å². The lowest BCUT2D eigenvalue weighted by Gasteiger charge is -2.26. The zero-order valence-electron chi connectivity index (χ0n) is 10.2. The number of thioether (sulfide) groups is 1. The number of hydrogen-bond donors (Lipinski definition) is 1. The molecule has 0 radical (unpaired) electrons. The van der Waals surface area contributed by atoms with Crippen molar-refractivity contribution in [1.82, 2.24) is 5.32 Å². The molecular weight excluding hydrogens is 345 g/mol. The zero-order chi connectivity index (χ0) is 13.2. The van der Waals surface area contributed by atoms with E-state index >= 15 is 0 Å². The third-order valence-electron chi connectivity index (χ3n) is 3.21. The second-order valence-electron chi connectivity index (χ2n) is 4.44. The molecule has 2 aromatic rings. The van der Waals surface area contributed by atoms with Crippen molar-refractivity contribution in [3.8, 4) is 0 Å². The van der Waals surface area contributed by atoms with Crippen molar-refractivity contribution in [1.29, 1.82) is 0 Å². The fourth-order valence-electron chi connectivity index (χ4n) is 2.24. The second-order valence-corrected chi connectivity index (χ2v) is 7.44. The van der Waals surface area contributed by atoms with Crippen molar-refractivity contribution >= 4 is 39.0 Å². The molecule has 0 aliphatic carbocycles. The summed E-state index contributed by atoms with van der Waals surface area (Å²) in [6, 6.07) is 7.42. The van der Waals surface area contributed by atoms with Crippen LogP contribution >= 0.6 is 39.0 Å². The van der Waals surface area contributed by atoms with E-state index in [-0.39, 0.29) is 11.9 Å². The quantitative estimate of drug-likeness (QED) is 0.831. The fourth-order valence-corrected chi connectivity index (χ4v) is 4.79. The van der Waals surface area contributed by atoms with Crippen molar-refractivity contribution in [2.75, 3.05) is 5.75 Å². The molecule has 1 aromatic heterocycles. The average molecular weight is 358 g/mol. The third-order valence-corrected chi connectivity index (χ3v) is 6.26. The number of rotatable bonds is 3. The van der Waals surface area contributed by atoms with E-state index in [1.54, 1.807) is 23.5 Å². The van der Waals surface area contributed by atoms with Gasteiger partial charge in [-0.15, -0.1) is 23.1 Å². The molecule has 1 unspecified atom stereocenters. The summed E-state index contributed by atoms with van der Waals surface area (Å²) in [6.45, 7) is 0.823. The molecule has 0 saturated heterocycles. The van der Waals surface area contributed by atoms with Gasteiger partial charge in [0.2, 0.25) is 0 Å². The molecule has 1 aliphatic rings. The monoisotopic (exact) mass is 357 g/mol. The number of halogens is 2. The van der Waals surface area contributed by atoms with E-state index in [0.717, 1.165) is 28.8 Å². The summed E-state index contributed by atoms with van der Waals surface area (Å²) in [6.07, 6.45) is 1.05. The highest BCUT2D eigenvalue weighted by Crippen LogP contribution is 2.37. The van der Waals surface area contributed by atoms with Gasteiger partial charge in [-0.05, 0) is 63.3 Å². The second kappa shape index (κ2) is 5.95. The van der Waals surface area contributed by atoms with Gasteiger partial charge in [-0.25, -0.2) is 4.39 Å². The molecule has 0 bridgehead atoms. The van der Waals surface area contributed by atoms with Gasteiger partial charge in [0.05, 0.1) is 0 Å². The van der Waals surface area contributed by atoms with E-state index in [4.69, 9.17) is 0 Å². The van der Waals surface area contributed by atoms with Gasteiger partial charge in [0.1, 0.15) is 5.82 Å². The van der Waals surface area contributed by atoms with E-state index < -0.39 is 0 Å². The van der Waals surface area contributed by atoms with Crippen molar-refractivity contribution in [3.05, 3.63) is 50.4 Å². The number of fused-ring (bicyclic) bond motifs is 1. The normalized spacial score (nSPS) is 18.3. The number of nitrogens with one attached hydrogen (secondary N) is 1. The van der Waals surface area contributed by atoms with Crippen molar-refractivity contribution in [2.45, 2.75) is 23.9 Å². The largest absolute Gasteiger partial charge is 0.305 e. The first-order valence-corrected chi connectivity index (χ1v) is 8.77. The Morgan fingerprint density at radius 2 is 2.26 bits per heavy atom. The standard InChI is InChI=1S/C14H13BrFNS2/c15-11-3-5-19-14(11)8-17-12-4-6-18-13-2-1-9(16)7-10(12)13/h1-3,5,7,12,17H,4,6,8H2. The molecule has 19 heavy (non-hydrogen) atoms. The van der Waals surface area contributed by atoms with Crippen LogP contribution in [0.5, 0.6) is 0 Å². The Labute approximate surface area is 128 Å². The minimum Gasteiger partial charge on any atom is -0.305 e. The van der Waals surface area contributed by atoms with Gasteiger partial charge in [0.15, 0.2) is 0 Å². The van der Waals surface area contributed by atoms with Crippen LogP contribution in [0.2, 0.25) is 0 Å². The molecule has 1 aliphatic heterocycles. The molecule has 100 valence electrons. The van der Waals surface area contributed by atoms with Crippen LogP contribution in [0.25, 0.3) is 0 Å². The van der Waals surface area contributed by atoms with Crippen LogP contribution in [0, 0.1) is 5.82 Å². The first-order valence-electron chi connectivity index (χ1n) is 6.11. The van der Waals surface area contributed by atoms with Crippen LogP contribution in [0.4, 0.5) is 4.39 Å². The molecule has 2 heterocycles. The Morgan fingerprint density at radius 3 is 3.05 bits per heavy atom. The topological polar surface area (TPSA) is 12.0 Å². The van der Waals surface area contributed by atoms with Crippen molar-refractivity contribution < 1.29 is 4.39 Å². The predicted octanol–water partition coefficient (Wildman–Crippen LogP) is 4.98. The molecule has 0 amide bonds. The highest BCUT2D eigenvalue weighted by molar-refractivity contribution is 9.10. The third kappa shape index (κ3) is 3.05. The summed E-state index contributed by atoms with van der Waals surface area (Å²) in [4.78, 5) is 2.49. The Balaban J connectivity index is 1.76. The Morgan fingerprint density at radius 1 is 1.37 bits per heavy atom. The van der Waals surface area contributed by atoms with E-state index in [9.17, 15) is 4.39 Å². The molecular formula is C14H13BrFNS2. The number of thiophene rings is 1. The summed E-state index contributed by atoms with van der Waals surface area (Å²) in [7, 11) is 0. The average Bonchev–Trinajstić information content (AvgIpc) is 2.82. The minimum atomic E-state index is -0.148. The summed E-state index contributed by atoms with van der Waals surface area (Å²) in [5.41, 5.74) is 1.10. The molecule has 1 nitrogen and oxygen atoms in total. The number of hydrogen-bond acceptors (Lipinski definition) is 3. The van der Waals surface area contributed by atoms with Gasteiger partial charge < -0.3 is 5.32 Å². The van der Waals surface area contributed by atoms with Crippen LogP contribution in [0.1, 0.15) is 22.9 Å². The molecule has 3 rings (SSSR count). The highest BCUT2D eigenvalue weighted by Gasteiger charge is 2.21. The van der Waals surface area contributed by atoms with Crippen molar-refractivity contribution in [2.24, 2.45) is 0 Å². The maximum absolute atomic E-state index is 13.4. The molecule has 0 spiro atoms. The molecule has 1 atom stereocenters. The molecule has 0 fully saturated rings. The summed E-state index contributed by atoms with van der Waals surface area (Å²) in [5, 5.41) is 5.62. The lowest BCUT2D eigenvalue weighted by atomic mass is 10.0. The smallest absolute Gasteiger partial charge is 0.123 e. The lowest BCUT2D eigenvalue weighted by molar-refractivity contribution is 0.506. The maximum Gasteiger partial charge on any atom is 0.123 e. The molecule has 0 saturated carbocycles. The highest BCUT2D eigenvalue weighted by atomic mass is 79.9. The predicted molar refractivity (Wildman–Crippen MR) is 83.3 cm³/mol. The van der Waals surface area contributed by atoms with Crippen LogP contribution in [-0.2, 0) is 6.54 Å². The first-order chi connectivity index (χ1) is 9.24. The molecule has 5 heteroatoms. The van der Waals surface area contributed by atoms with Crippen LogP contribution in [-0.4, -0.2) is 5.75 Å². The molecule has 1 N–H and O–H groups in total. The summed E-state index contributed by atoms with van der Waals surface area (Å²) >= 11 is 7.09. The van der Waals surface area contributed by atoms with Crippen LogP contribution in [0.3, 0.4) is 0 Å². The van der Waals surface area contributed by atoms with Crippen molar-refractivity contribution in [3.63, 3.8) is 0 Å². The van der Waals surface area contributed by atoms with Gasteiger partial charge in [0, 0.05) is 26.8 Å². The lowest BCUT2D eigenvalue weighted by Crippen LogP contribution is -2.24. The van der Waals surface area contributed by atoms with Gasteiger partial charge >= 0.3 is 0 Å². The Kier molecular flexibility index (Phi) is 4.27. The summed E-state index contributed by atoms with van der Waals surface area (Å²) in [5.74, 6) is 0.937. The van der Waals surface area contributed by atoms with Gasteiger partial charge in [0.25, 0.3) is 0 Å². The minimum absolute atomic E-state index is 0.148. The van der Waals surface area contributed by atoms with E-state index in [1.807, 2.05) is 17.8 Å². The van der Waals surface area contributed by atoms with Gasteiger partial charge in [-0.3, -0.25) is 0 Å². The maximum atomic E-state index is 13.4. The van der Waals surface area contributed by atoms with Crippen LogP contribution < -0.4 is 5.32 Å². The van der Waals surface area contributed by atoms with Gasteiger partial charge in [-0.2, -0.15) is 0 Å². The zero-order valence-corrected chi connectivity index (χ0v) is 13.4. The van der Waals surface area contributed by atoms with Crippen LogP contribution in [0.15, 0.2) is 39.0 Å². The van der Waals surface area contributed by atoms with E-state index in [1.165, 1.54) is 9.77 Å². The Hall–Kier alpha value is -0.360. The van der Waals surface area contributed by atoms with E-state index in [0.29, 0.717) is 0 Å². The summed E-state index contributed by atoms with van der Waals surface area (Å²) < 4.78 is 14.6. The van der Waals surface area contributed by atoms with Gasteiger partial charge in [-0.1, -0.05) is 0 Å². The fraction of sp³-hybridized carbons (Fsp3) is 0.286. The number of benzene rings is 1. The SMILES string of the molecule is Fc1ccc2c(c1)C(NCc1sccc1Br)CCS2. The first kappa shape index (κ1) is 13.6.